The van der Waals surface area contributed by atoms with Crippen molar-refractivity contribution in [1.82, 2.24) is 25.6 Å². The van der Waals surface area contributed by atoms with E-state index in [2.05, 4.69) is 35.8 Å². The average molecular weight is 490 g/mol. The second-order valence-electron chi connectivity index (χ2n) is 8.23. The number of benzene rings is 1. The van der Waals surface area contributed by atoms with E-state index in [4.69, 9.17) is 11.6 Å². The van der Waals surface area contributed by atoms with Crippen molar-refractivity contribution in [2.75, 3.05) is 36.4 Å². The zero-order valence-electron chi connectivity index (χ0n) is 18.4. The number of urea groups is 1. The maximum atomic E-state index is 13.9. The van der Waals surface area contributed by atoms with Crippen LogP contribution in [0.4, 0.5) is 20.3 Å². The largest absolute Gasteiger partial charge is 0.338 e. The van der Waals surface area contributed by atoms with Crippen LogP contribution in [0.3, 0.4) is 0 Å². The number of hydrogen-bond donors (Lipinski definition) is 3. The highest BCUT2D eigenvalue weighted by molar-refractivity contribution is 7.13. The molecule has 1 aliphatic heterocycles. The Morgan fingerprint density at radius 1 is 1.27 bits per heavy atom. The van der Waals surface area contributed by atoms with E-state index in [1.165, 1.54) is 23.5 Å². The number of thiazole rings is 1. The number of halogens is 2. The van der Waals surface area contributed by atoms with Crippen LogP contribution in [0, 0.1) is 5.82 Å². The predicted molar refractivity (Wildman–Crippen MR) is 129 cm³/mol. The molecule has 0 aliphatic carbocycles. The minimum absolute atomic E-state index is 0.0793. The molecule has 0 bridgehead atoms. The molecule has 174 valence electrons. The number of nitrogens with one attached hydrogen (secondary N) is 3. The lowest BCUT2D eigenvalue weighted by Crippen LogP contribution is -2.44. The van der Waals surface area contributed by atoms with E-state index in [0.29, 0.717) is 17.6 Å². The van der Waals surface area contributed by atoms with Crippen molar-refractivity contribution in [1.29, 1.82) is 0 Å². The Bertz CT molecular complexity index is 1120. The lowest BCUT2D eigenvalue weighted by molar-refractivity contribution is 0.251. The van der Waals surface area contributed by atoms with Gasteiger partial charge < -0.3 is 15.5 Å². The number of aromatic nitrogens is 3. The zero-order valence-corrected chi connectivity index (χ0v) is 19.9. The van der Waals surface area contributed by atoms with Crippen molar-refractivity contribution in [2.45, 2.75) is 25.8 Å². The van der Waals surface area contributed by atoms with Gasteiger partial charge in [-0.15, -0.1) is 11.3 Å². The summed E-state index contributed by atoms with van der Waals surface area (Å²) in [6, 6.07) is 4.35. The Morgan fingerprint density at radius 2 is 2.00 bits per heavy atom. The zero-order chi connectivity index (χ0) is 23.4. The van der Waals surface area contributed by atoms with Gasteiger partial charge in [0.05, 0.1) is 10.7 Å². The minimum Gasteiger partial charge on any atom is -0.338 e. The fraction of sp³-hybridized carbons (Fsp3) is 0.364. The van der Waals surface area contributed by atoms with Gasteiger partial charge in [-0.05, 0) is 17.7 Å². The molecule has 1 saturated heterocycles. The average Bonchev–Trinajstić information content (AvgIpc) is 3.29. The second kappa shape index (κ2) is 9.98. The number of rotatable bonds is 6. The monoisotopic (exact) mass is 489 g/mol. The summed E-state index contributed by atoms with van der Waals surface area (Å²) in [4.78, 5) is 27.8. The van der Waals surface area contributed by atoms with Crippen LogP contribution < -0.4 is 20.9 Å². The molecule has 3 N–H and O–H groups in total. The van der Waals surface area contributed by atoms with E-state index >= 15 is 0 Å². The number of carbonyl (C=O) groups is 1. The van der Waals surface area contributed by atoms with Crippen LogP contribution in [0.25, 0.3) is 0 Å². The number of nitrogens with zero attached hydrogens (tertiary/aromatic N) is 4. The summed E-state index contributed by atoms with van der Waals surface area (Å²) in [5.74, 6) is 0.225. The number of anilines is 2. The molecule has 8 nitrogen and oxygen atoms in total. The van der Waals surface area contributed by atoms with Crippen LogP contribution in [-0.2, 0) is 12.0 Å². The first-order valence-electron chi connectivity index (χ1n) is 10.6. The van der Waals surface area contributed by atoms with Crippen molar-refractivity contribution in [2.24, 2.45) is 0 Å². The van der Waals surface area contributed by atoms with Crippen LogP contribution in [0.1, 0.15) is 30.7 Å². The summed E-state index contributed by atoms with van der Waals surface area (Å²) in [7, 11) is 0. The normalized spacial score (nSPS) is 14.2. The van der Waals surface area contributed by atoms with Crippen LogP contribution in [-0.4, -0.2) is 47.2 Å². The third kappa shape index (κ3) is 5.58. The third-order valence-corrected chi connectivity index (χ3v) is 6.62. The topological polar surface area (TPSA) is 95.1 Å². The van der Waals surface area contributed by atoms with Crippen molar-refractivity contribution in [3.05, 3.63) is 63.6 Å². The Balaban J connectivity index is 1.32. The summed E-state index contributed by atoms with van der Waals surface area (Å²) >= 11 is 7.11. The quantitative estimate of drug-likeness (QED) is 0.487. The molecule has 2 aromatic heterocycles. The van der Waals surface area contributed by atoms with Crippen molar-refractivity contribution < 1.29 is 9.18 Å². The molecule has 0 spiro atoms. The van der Waals surface area contributed by atoms with Gasteiger partial charge >= 0.3 is 6.03 Å². The summed E-state index contributed by atoms with van der Waals surface area (Å²) in [6.07, 6.45) is 3.44. The summed E-state index contributed by atoms with van der Waals surface area (Å²) < 4.78 is 13.9. The van der Waals surface area contributed by atoms with Gasteiger partial charge in [0.25, 0.3) is 0 Å². The summed E-state index contributed by atoms with van der Waals surface area (Å²) in [5, 5.41) is 11.2. The molecule has 11 heteroatoms. The van der Waals surface area contributed by atoms with Gasteiger partial charge in [-0.3, -0.25) is 5.32 Å². The summed E-state index contributed by atoms with van der Waals surface area (Å²) in [5.41, 5.74) is 1.72. The molecule has 4 rings (SSSR count). The number of piperazine rings is 1. The van der Waals surface area contributed by atoms with Gasteiger partial charge in [-0.2, -0.15) is 0 Å². The molecule has 3 heterocycles. The molecule has 33 heavy (non-hydrogen) atoms. The molecular formula is C22H25ClFN7OS. The number of carbonyl (C=O) groups excluding carboxylic acids is 1. The van der Waals surface area contributed by atoms with E-state index in [9.17, 15) is 9.18 Å². The standard InChI is InChI=1S/C22H25ClFN7OS/c1-22(2,15-3-4-16(23)17(24)9-15)18-13-33-21(29-18)30-20(32)28-12-14-10-26-19(27-11-14)31-7-5-25-6-8-31/h3-4,9-11,13,25H,5-8,12H2,1-2H3,(H2,28,29,30,32). The van der Waals surface area contributed by atoms with Crippen LogP contribution in [0.15, 0.2) is 36.0 Å². The Labute approximate surface area is 200 Å². The molecule has 1 fully saturated rings. The predicted octanol–water partition coefficient (Wildman–Crippen LogP) is 3.78. The van der Waals surface area contributed by atoms with E-state index in [-0.39, 0.29) is 11.1 Å². The molecular weight excluding hydrogens is 465 g/mol. The molecule has 2 amide bonds. The number of amides is 2. The number of hydrogen-bond acceptors (Lipinski definition) is 7. The second-order valence-corrected chi connectivity index (χ2v) is 9.49. The van der Waals surface area contributed by atoms with E-state index in [0.717, 1.165) is 43.0 Å². The van der Waals surface area contributed by atoms with Gasteiger partial charge in [0, 0.05) is 61.5 Å². The van der Waals surface area contributed by atoms with E-state index < -0.39 is 11.2 Å². The van der Waals surface area contributed by atoms with E-state index in [1.807, 2.05) is 19.2 Å². The lowest BCUT2D eigenvalue weighted by Gasteiger charge is -2.27. The smallest absolute Gasteiger partial charge is 0.321 e. The SMILES string of the molecule is CC(C)(c1ccc(Cl)c(F)c1)c1csc(NC(=O)NCc2cnc(N3CCNCC3)nc2)n1. The molecule has 1 aliphatic rings. The maximum Gasteiger partial charge on any atom is 0.321 e. The van der Waals surface area contributed by atoms with Gasteiger partial charge in [0.1, 0.15) is 5.82 Å². The van der Waals surface area contributed by atoms with Gasteiger partial charge in [-0.1, -0.05) is 31.5 Å². The first kappa shape index (κ1) is 23.3. The maximum absolute atomic E-state index is 13.9. The Kier molecular flexibility index (Phi) is 7.06. The Morgan fingerprint density at radius 3 is 2.70 bits per heavy atom. The van der Waals surface area contributed by atoms with Crippen molar-refractivity contribution in [3.8, 4) is 0 Å². The molecule has 0 atom stereocenters. The van der Waals surface area contributed by atoms with Gasteiger partial charge in [0.2, 0.25) is 5.95 Å². The first-order chi connectivity index (χ1) is 15.8. The summed E-state index contributed by atoms with van der Waals surface area (Å²) in [6.45, 7) is 7.76. The Hall–Kier alpha value is -2.82. The first-order valence-corrected chi connectivity index (χ1v) is 11.8. The third-order valence-electron chi connectivity index (χ3n) is 5.55. The highest BCUT2D eigenvalue weighted by atomic mass is 35.5. The van der Waals surface area contributed by atoms with Crippen LogP contribution in [0.2, 0.25) is 5.02 Å². The molecule has 0 saturated carbocycles. The lowest BCUT2D eigenvalue weighted by atomic mass is 9.82. The minimum atomic E-state index is -0.554. The van der Waals surface area contributed by atoms with Crippen LogP contribution in [0.5, 0.6) is 0 Å². The van der Waals surface area contributed by atoms with E-state index in [1.54, 1.807) is 18.5 Å². The van der Waals surface area contributed by atoms with Gasteiger partial charge in [-0.25, -0.2) is 24.1 Å². The highest BCUT2D eigenvalue weighted by Gasteiger charge is 2.27. The fourth-order valence-corrected chi connectivity index (χ4v) is 4.43. The molecule has 1 aromatic carbocycles. The van der Waals surface area contributed by atoms with Crippen molar-refractivity contribution in [3.63, 3.8) is 0 Å². The molecule has 3 aromatic rings. The molecule has 0 radical (unpaired) electrons. The van der Waals surface area contributed by atoms with Crippen molar-refractivity contribution >= 4 is 40.0 Å². The highest BCUT2D eigenvalue weighted by Crippen LogP contribution is 2.34. The molecule has 0 unspecified atom stereocenters. The van der Waals surface area contributed by atoms with Gasteiger partial charge in [0.15, 0.2) is 5.13 Å². The fourth-order valence-electron chi connectivity index (χ4n) is 3.44. The van der Waals surface area contributed by atoms with Crippen LogP contribution >= 0.6 is 22.9 Å².